The Bertz CT molecular complexity index is 31.8. The van der Waals surface area contributed by atoms with Crippen LogP contribution in [0.25, 0.3) is 0 Å². The highest BCUT2D eigenvalue weighted by Gasteiger charge is 1.74. The zero-order valence-corrected chi connectivity index (χ0v) is 3.18. The van der Waals surface area contributed by atoms with Crippen molar-refractivity contribution in [2.45, 2.75) is 0 Å². The first-order valence-electron chi connectivity index (χ1n) is 1.06. The van der Waals surface area contributed by atoms with E-state index in [4.69, 9.17) is 15.0 Å². The third-order valence-electron chi connectivity index (χ3n) is 0. The van der Waals surface area contributed by atoms with Crippen molar-refractivity contribution in [1.82, 2.24) is 0 Å². The van der Waals surface area contributed by atoms with E-state index in [0.717, 1.165) is 7.11 Å². The van der Waals surface area contributed by atoms with Crippen LogP contribution in [0.1, 0.15) is 0 Å². The first-order chi connectivity index (χ1) is 2.73. The van der Waals surface area contributed by atoms with E-state index in [2.05, 4.69) is 0 Å². The van der Waals surface area contributed by atoms with Crippen molar-refractivity contribution in [1.29, 1.82) is 0 Å². The molecule has 0 atom stereocenters. The highest BCUT2D eigenvalue weighted by Crippen LogP contribution is 1.58. The molecule has 6 heavy (non-hydrogen) atoms. The number of rotatable bonds is 0. The second-order valence-corrected chi connectivity index (χ2v) is 0.253. The Morgan fingerprint density at radius 1 is 1.67 bits per heavy atom. The van der Waals surface area contributed by atoms with Crippen LogP contribution in [0.3, 0.4) is 0 Å². The van der Waals surface area contributed by atoms with Crippen molar-refractivity contribution in [2.24, 2.45) is 0 Å². The van der Waals surface area contributed by atoms with Crippen LogP contribution in [0.4, 0.5) is 9.18 Å². The van der Waals surface area contributed by atoms with Gasteiger partial charge in [0.15, 0.2) is 0 Å². The van der Waals surface area contributed by atoms with Gasteiger partial charge < -0.3 is 10.2 Å². The van der Waals surface area contributed by atoms with Gasteiger partial charge in [-0.2, -0.15) is 0 Å². The maximum atomic E-state index is 9.92. The molecule has 0 spiro atoms. The largest absolute Gasteiger partial charge is 0.492 e. The van der Waals surface area contributed by atoms with E-state index in [1.807, 2.05) is 0 Å². The van der Waals surface area contributed by atoms with Crippen LogP contribution in [0, 0.1) is 0 Å². The van der Waals surface area contributed by atoms with Gasteiger partial charge in [0.05, 0.1) is 0 Å². The summed E-state index contributed by atoms with van der Waals surface area (Å²) >= 11 is 0. The number of aliphatic hydroxyl groups excluding tert-OH is 1. The van der Waals surface area contributed by atoms with Gasteiger partial charge in [-0.25, -0.2) is 4.79 Å². The fourth-order valence-electron chi connectivity index (χ4n) is 0. The average molecular weight is 96.1 g/mol. The molecule has 0 aromatic rings. The van der Waals surface area contributed by atoms with Gasteiger partial charge in [-0.15, -0.1) is 4.39 Å². The lowest BCUT2D eigenvalue weighted by molar-refractivity contribution is 0.169. The summed E-state index contributed by atoms with van der Waals surface area (Å²) in [5, 5.41) is 13.8. The summed E-state index contributed by atoms with van der Waals surface area (Å²) in [6.45, 7) is 0. The van der Waals surface area contributed by atoms with E-state index in [1.165, 1.54) is 0 Å². The maximum absolute atomic E-state index is 9.92. The highest BCUT2D eigenvalue weighted by molar-refractivity contribution is 5.54. The molecule has 0 aromatic carbocycles. The average Bonchev–Trinajstić information content (AvgIpc) is 1.41. The molecule has 0 aromatic heterocycles. The maximum Gasteiger partial charge on any atom is 0.492 e. The molecular weight excluding hydrogens is 91.0 g/mol. The van der Waals surface area contributed by atoms with Crippen molar-refractivity contribution >= 4 is 6.22 Å². The topological polar surface area (TPSA) is 57.5 Å². The van der Waals surface area contributed by atoms with Gasteiger partial charge in [0, 0.05) is 7.11 Å². The number of hydrogen-bond acceptors (Lipinski definition) is 2. The number of halogens is 1. The third-order valence-corrected chi connectivity index (χ3v) is 0. The summed E-state index contributed by atoms with van der Waals surface area (Å²) in [6.07, 6.45) is -2.33. The second kappa shape index (κ2) is 8.84. The van der Waals surface area contributed by atoms with Gasteiger partial charge >= 0.3 is 6.22 Å². The van der Waals surface area contributed by atoms with Crippen LogP contribution in [-0.2, 0) is 0 Å². The molecular formula is C2H5FO3. The van der Waals surface area contributed by atoms with Crippen molar-refractivity contribution in [2.75, 3.05) is 7.11 Å². The summed E-state index contributed by atoms with van der Waals surface area (Å²) in [6, 6.07) is 0. The fraction of sp³-hybridized carbons (Fsp3) is 0.500. The predicted octanol–water partition coefficient (Wildman–Crippen LogP) is 0.242. The predicted molar refractivity (Wildman–Crippen MR) is 17.3 cm³/mol. The fourth-order valence-corrected chi connectivity index (χ4v) is 0. The minimum Gasteiger partial charge on any atom is -0.456 e. The SMILES string of the molecule is CO.O=C(O)F. The first-order valence-corrected chi connectivity index (χ1v) is 1.06. The summed E-state index contributed by atoms with van der Waals surface area (Å²) in [7, 11) is 1.00. The molecule has 0 amide bonds. The molecule has 4 heteroatoms. The van der Waals surface area contributed by atoms with Crippen LogP contribution in [0.5, 0.6) is 0 Å². The van der Waals surface area contributed by atoms with E-state index in [9.17, 15) is 4.39 Å². The Balaban J connectivity index is 0. The highest BCUT2D eigenvalue weighted by atomic mass is 19.1. The Kier molecular flexibility index (Phi) is 13.3. The smallest absolute Gasteiger partial charge is 0.456 e. The van der Waals surface area contributed by atoms with Gasteiger partial charge in [0.2, 0.25) is 0 Å². The van der Waals surface area contributed by atoms with Crippen LogP contribution in [0.2, 0.25) is 0 Å². The summed E-state index contributed by atoms with van der Waals surface area (Å²) in [4.78, 5) is 8.33. The van der Waals surface area contributed by atoms with Crippen molar-refractivity contribution in [3.63, 3.8) is 0 Å². The van der Waals surface area contributed by atoms with Gasteiger partial charge in [-0.05, 0) is 0 Å². The molecule has 2 N–H and O–H groups in total. The quantitative estimate of drug-likeness (QED) is 0.425. The third kappa shape index (κ3) is 45.7. The molecule has 0 fully saturated rings. The minimum atomic E-state index is -2.33. The molecule has 3 nitrogen and oxygen atoms in total. The zero-order valence-electron chi connectivity index (χ0n) is 3.18. The molecule has 0 heterocycles. The number of carbonyl (C=O) groups is 1. The molecule has 0 rings (SSSR count). The molecule has 0 saturated heterocycles. The molecule has 0 radical (unpaired) electrons. The van der Waals surface area contributed by atoms with E-state index in [1.54, 1.807) is 0 Å². The minimum absolute atomic E-state index is 1.00. The van der Waals surface area contributed by atoms with E-state index in [-0.39, 0.29) is 0 Å². The second-order valence-electron chi connectivity index (χ2n) is 0.253. The van der Waals surface area contributed by atoms with Gasteiger partial charge in [-0.1, -0.05) is 0 Å². The van der Waals surface area contributed by atoms with Crippen LogP contribution in [0.15, 0.2) is 0 Å². The number of aliphatic hydroxyl groups is 1. The van der Waals surface area contributed by atoms with Crippen LogP contribution >= 0.6 is 0 Å². The van der Waals surface area contributed by atoms with Gasteiger partial charge in [-0.3, -0.25) is 0 Å². The number of hydrogen-bond donors (Lipinski definition) is 2. The molecule has 0 aliphatic heterocycles. The molecule has 38 valence electrons. The normalized spacial score (nSPS) is 5.17. The van der Waals surface area contributed by atoms with Gasteiger partial charge in [0.1, 0.15) is 0 Å². The van der Waals surface area contributed by atoms with E-state index in [0.29, 0.717) is 0 Å². The number of carboxylic acid groups (broad SMARTS) is 1. The zero-order chi connectivity index (χ0) is 5.58. The van der Waals surface area contributed by atoms with Crippen molar-refractivity contribution < 1.29 is 19.4 Å². The van der Waals surface area contributed by atoms with E-state index < -0.39 is 6.22 Å². The monoisotopic (exact) mass is 96.0 g/mol. The standard InChI is InChI=1S/CHFO2.CH4O/c2-1(3)4;1-2/h(H,3,4);2H,1H3. The summed E-state index contributed by atoms with van der Waals surface area (Å²) < 4.78 is 9.92. The molecule has 0 aliphatic carbocycles. The van der Waals surface area contributed by atoms with Crippen LogP contribution < -0.4 is 0 Å². The Morgan fingerprint density at radius 2 is 1.67 bits per heavy atom. The Labute approximate surface area is 34.0 Å². The van der Waals surface area contributed by atoms with E-state index >= 15 is 0 Å². The van der Waals surface area contributed by atoms with Gasteiger partial charge in [0.25, 0.3) is 0 Å². The molecule has 0 unspecified atom stereocenters. The van der Waals surface area contributed by atoms with Crippen LogP contribution in [-0.4, -0.2) is 23.5 Å². The molecule has 0 aliphatic rings. The first kappa shape index (κ1) is 9.03. The lowest BCUT2D eigenvalue weighted by Crippen LogP contribution is -1.69. The van der Waals surface area contributed by atoms with Crippen molar-refractivity contribution in [3.8, 4) is 0 Å². The molecule has 0 bridgehead atoms. The summed E-state index contributed by atoms with van der Waals surface area (Å²) in [5.74, 6) is 0. The lowest BCUT2D eigenvalue weighted by Gasteiger charge is -1.53. The van der Waals surface area contributed by atoms with Crippen molar-refractivity contribution in [3.05, 3.63) is 0 Å². The lowest BCUT2D eigenvalue weighted by atomic mass is 11.5. The Hall–Kier alpha value is -0.640. The molecule has 0 saturated carbocycles. The Morgan fingerprint density at radius 3 is 1.67 bits per heavy atom. The summed E-state index contributed by atoms with van der Waals surface area (Å²) in [5.41, 5.74) is 0.